The van der Waals surface area contributed by atoms with Gasteiger partial charge in [0.2, 0.25) is 5.91 Å². The quantitative estimate of drug-likeness (QED) is 0.319. The van der Waals surface area contributed by atoms with E-state index in [1.807, 2.05) is 44.2 Å². The van der Waals surface area contributed by atoms with E-state index in [2.05, 4.69) is 16.0 Å². The van der Waals surface area contributed by atoms with Crippen LogP contribution in [0.4, 0.5) is 4.79 Å². The molecule has 1 aromatic carbocycles. The molecular weight excluding hydrogens is 378 g/mol. The fraction of sp³-hybridized carbons (Fsp3) is 0.550. The number of aliphatic hydroxyl groups excluding tert-OH is 1. The number of hydrogen-bond donors (Lipinski definition) is 5. The predicted octanol–water partition coefficient (Wildman–Crippen LogP) is 0.520. The molecule has 1 unspecified atom stereocenters. The summed E-state index contributed by atoms with van der Waals surface area (Å²) in [4.78, 5) is 36.0. The maximum Gasteiger partial charge on any atom is 0.405 e. The number of amides is 3. The van der Waals surface area contributed by atoms with Crippen LogP contribution in [0.25, 0.3) is 0 Å². The number of rotatable bonds is 12. The molecule has 0 saturated heterocycles. The first kappa shape index (κ1) is 24.4. The number of ether oxygens (including phenoxy) is 1. The Balaban J connectivity index is 2.94. The lowest BCUT2D eigenvalue weighted by molar-refractivity contribution is -0.132. The third kappa shape index (κ3) is 9.40. The van der Waals surface area contributed by atoms with E-state index in [9.17, 15) is 19.5 Å². The second kappa shape index (κ2) is 12.7. The highest BCUT2D eigenvalue weighted by atomic mass is 16.5. The SMILES string of the molecule is COCCNC(=O)C(O)[C@H](Cc1ccccc1)NC(=O)[C@H](CC(C)C)NC(=O)O. The molecule has 0 radical (unpaired) electrons. The van der Waals surface area contributed by atoms with Crippen LogP contribution in [0.5, 0.6) is 0 Å². The third-order valence-corrected chi connectivity index (χ3v) is 4.20. The van der Waals surface area contributed by atoms with E-state index in [-0.39, 0.29) is 31.9 Å². The molecule has 3 atom stereocenters. The molecule has 0 aliphatic heterocycles. The van der Waals surface area contributed by atoms with Crippen LogP contribution in [-0.2, 0) is 20.7 Å². The number of methoxy groups -OCH3 is 1. The van der Waals surface area contributed by atoms with Gasteiger partial charge in [0.1, 0.15) is 6.04 Å². The Hall–Kier alpha value is -2.65. The molecule has 3 amide bonds. The number of carboxylic acid groups (broad SMARTS) is 1. The van der Waals surface area contributed by atoms with Crippen molar-refractivity contribution >= 4 is 17.9 Å². The number of carbonyl (C=O) groups excluding carboxylic acids is 2. The second-order valence-electron chi connectivity index (χ2n) is 7.17. The Morgan fingerprint density at radius 1 is 1.07 bits per heavy atom. The van der Waals surface area contributed by atoms with Crippen molar-refractivity contribution < 1.29 is 29.3 Å². The van der Waals surface area contributed by atoms with E-state index in [0.717, 1.165) is 5.56 Å². The molecule has 0 saturated carbocycles. The Morgan fingerprint density at radius 2 is 1.72 bits per heavy atom. The fourth-order valence-electron chi connectivity index (χ4n) is 2.81. The lowest BCUT2D eigenvalue weighted by Gasteiger charge is -2.27. The molecule has 0 aromatic heterocycles. The van der Waals surface area contributed by atoms with E-state index in [1.165, 1.54) is 7.11 Å². The average molecular weight is 409 g/mol. The number of nitrogens with one attached hydrogen (secondary N) is 3. The highest BCUT2D eigenvalue weighted by molar-refractivity contribution is 5.87. The largest absolute Gasteiger partial charge is 0.465 e. The number of carbonyl (C=O) groups is 3. The molecule has 0 aliphatic rings. The summed E-state index contributed by atoms with van der Waals surface area (Å²) in [5.74, 6) is -1.17. The summed E-state index contributed by atoms with van der Waals surface area (Å²) in [7, 11) is 1.49. The first-order valence-corrected chi connectivity index (χ1v) is 9.53. The van der Waals surface area contributed by atoms with Gasteiger partial charge in [-0.1, -0.05) is 44.2 Å². The number of benzene rings is 1. The van der Waals surface area contributed by atoms with E-state index in [0.29, 0.717) is 0 Å². The molecule has 1 rings (SSSR count). The monoisotopic (exact) mass is 409 g/mol. The van der Waals surface area contributed by atoms with Crippen LogP contribution in [0.1, 0.15) is 25.8 Å². The smallest absolute Gasteiger partial charge is 0.405 e. The average Bonchev–Trinajstić information content (AvgIpc) is 2.66. The first-order valence-electron chi connectivity index (χ1n) is 9.53. The number of aliphatic hydroxyl groups is 1. The van der Waals surface area contributed by atoms with Crippen molar-refractivity contribution in [3.8, 4) is 0 Å². The van der Waals surface area contributed by atoms with E-state index >= 15 is 0 Å². The molecule has 9 heteroatoms. The molecule has 5 N–H and O–H groups in total. The minimum atomic E-state index is -1.51. The van der Waals surface area contributed by atoms with Gasteiger partial charge in [-0.3, -0.25) is 9.59 Å². The molecular formula is C20H31N3O6. The maximum atomic E-state index is 12.7. The summed E-state index contributed by atoms with van der Waals surface area (Å²) in [6, 6.07) is 7.17. The fourth-order valence-corrected chi connectivity index (χ4v) is 2.81. The zero-order chi connectivity index (χ0) is 21.8. The van der Waals surface area contributed by atoms with Crippen LogP contribution < -0.4 is 16.0 Å². The lowest BCUT2D eigenvalue weighted by Crippen LogP contribution is -2.56. The summed E-state index contributed by atoms with van der Waals surface area (Å²) < 4.78 is 4.87. The molecule has 1 aromatic rings. The maximum absolute atomic E-state index is 12.7. The van der Waals surface area contributed by atoms with Crippen molar-refractivity contribution in [1.82, 2.24) is 16.0 Å². The van der Waals surface area contributed by atoms with Crippen LogP contribution in [0.15, 0.2) is 30.3 Å². The van der Waals surface area contributed by atoms with Crippen molar-refractivity contribution in [1.29, 1.82) is 0 Å². The highest BCUT2D eigenvalue weighted by Gasteiger charge is 2.31. The van der Waals surface area contributed by atoms with Crippen molar-refractivity contribution in [3.05, 3.63) is 35.9 Å². The summed E-state index contributed by atoms with van der Waals surface area (Å²) in [5.41, 5.74) is 0.813. The van der Waals surface area contributed by atoms with Gasteiger partial charge in [-0.2, -0.15) is 0 Å². The van der Waals surface area contributed by atoms with Gasteiger partial charge in [-0.25, -0.2) is 4.79 Å². The van der Waals surface area contributed by atoms with Gasteiger partial charge in [0.25, 0.3) is 5.91 Å². The Bertz CT molecular complexity index is 653. The Labute approximate surface area is 170 Å². The van der Waals surface area contributed by atoms with Gasteiger partial charge in [0.05, 0.1) is 12.6 Å². The van der Waals surface area contributed by atoms with Crippen LogP contribution in [0.2, 0.25) is 0 Å². The van der Waals surface area contributed by atoms with E-state index in [1.54, 1.807) is 0 Å². The Kier molecular flexibility index (Phi) is 10.7. The van der Waals surface area contributed by atoms with Gasteiger partial charge in [0, 0.05) is 13.7 Å². The van der Waals surface area contributed by atoms with Crippen molar-refractivity contribution in [3.63, 3.8) is 0 Å². The summed E-state index contributed by atoms with van der Waals surface area (Å²) in [5, 5.41) is 26.9. The van der Waals surface area contributed by atoms with Gasteiger partial charge in [-0.05, 0) is 24.3 Å². The summed E-state index contributed by atoms with van der Waals surface area (Å²) in [6.45, 7) is 4.23. The van der Waals surface area contributed by atoms with Crippen molar-refractivity contribution in [2.45, 2.75) is 44.9 Å². The lowest BCUT2D eigenvalue weighted by atomic mass is 9.98. The Morgan fingerprint density at radius 3 is 2.28 bits per heavy atom. The van der Waals surface area contributed by atoms with Gasteiger partial charge in [0.15, 0.2) is 6.10 Å². The highest BCUT2D eigenvalue weighted by Crippen LogP contribution is 2.10. The topological polar surface area (TPSA) is 137 Å². The molecule has 0 bridgehead atoms. The van der Waals surface area contributed by atoms with Gasteiger partial charge >= 0.3 is 6.09 Å². The summed E-state index contributed by atoms with van der Waals surface area (Å²) in [6.07, 6.45) is -2.34. The molecule has 162 valence electrons. The molecule has 9 nitrogen and oxygen atoms in total. The molecule has 0 heterocycles. The second-order valence-corrected chi connectivity index (χ2v) is 7.17. The molecule has 0 fully saturated rings. The zero-order valence-corrected chi connectivity index (χ0v) is 17.1. The van der Waals surface area contributed by atoms with Crippen molar-refractivity contribution in [2.75, 3.05) is 20.3 Å². The van der Waals surface area contributed by atoms with Gasteiger partial charge in [-0.15, -0.1) is 0 Å². The first-order chi connectivity index (χ1) is 13.7. The van der Waals surface area contributed by atoms with Crippen LogP contribution >= 0.6 is 0 Å². The van der Waals surface area contributed by atoms with Crippen LogP contribution in [0.3, 0.4) is 0 Å². The standard InChI is InChI=1S/C20H31N3O6/c1-13(2)11-16(23-20(27)28)18(25)22-15(12-14-7-5-4-6-8-14)17(24)19(26)21-9-10-29-3/h4-8,13,15-17,23-24H,9-12H2,1-3H3,(H,21,26)(H,22,25)(H,27,28)/t15-,16-,17?/m0/s1. The predicted molar refractivity (Wildman–Crippen MR) is 107 cm³/mol. The minimum absolute atomic E-state index is 0.0624. The van der Waals surface area contributed by atoms with E-state index in [4.69, 9.17) is 9.84 Å². The molecule has 0 spiro atoms. The van der Waals surface area contributed by atoms with Gasteiger partial charge < -0.3 is 30.9 Å². The zero-order valence-electron chi connectivity index (χ0n) is 17.1. The van der Waals surface area contributed by atoms with Crippen LogP contribution in [-0.4, -0.2) is 66.6 Å². The molecule has 29 heavy (non-hydrogen) atoms. The normalized spacial score (nSPS) is 14.0. The van der Waals surface area contributed by atoms with E-state index < -0.39 is 36.1 Å². The number of hydrogen-bond acceptors (Lipinski definition) is 5. The van der Waals surface area contributed by atoms with Crippen molar-refractivity contribution in [2.24, 2.45) is 5.92 Å². The minimum Gasteiger partial charge on any atom is -0.465 e. The summed E-state index contributed by atoms with van der Waals surface area (Å²) >= 11 is 0. The molecule has 0 aliphatic carbocycles. The third-order valence-electron chi connectivity index (χ3n) is 4.20. The van der Waals surface area contributed by atoms with Crippen LogP contribution in [0, 0.1) is 5.92 Å².